The third-order valence-corrected chi connectivity index (χ3v) is 7.40. The van der Waals surface area contributed by atoms with E-state index in [4.69, 9.17) is 17.0 Å². The molecule has 2 saturated heterocycles. The zero-order valence-corrected chi connectivity index (χ0v) is 18.0. The van der Waals surface area contributed by atoms with Gasteiger partial charge in [-0.1, -0.05) is 53.8 Å². The van der Waals surface area contributed by atoms with E-state index in [0.717, 1.165) is 27.1 Å². The normalized spacial score (nSPS) is 24.1. The van der Waals surface area contributed by atoms with Gasteiger partial charge in [-0.3, -0.25) is 10.1 Å². The third kappa shape index (κ3) is 4.00. The molecule has 0 spiro atoms. The van der Waals surface area contributed by atoms with Crippen molar-refractivity contribution in [1.29, 1.82) is 0 Å². The van der Waals surface area contributed by atoms with Crippen LogP contribution in [0.1, 0.15) is 11.1 Å². The van der Waals surface area contributed by atoms with Gasteiger partial charge in [0, 0.05) is 11.4 Å². The van der Waals surface area contributed by atoms with Gasteiger partial charge in [0.05, 0.1) is 7.11 Å². The molecule has 1 amide bonds. The first-order valence-electron chi connectivity index (χ1n) is 8.92. The summed E-state index contributed by atoms with van der Waals surface area (Å²) < 4.78 is 6.01. The lowest BCUT2D eigenvalue weighted by Crippen LogP contribution is -2.64. The van der Waals surface area contributed by atoms with E-state index in [1.165, 1.54) is 17.3 Å². The lowest BCUT2D eigenvalue weighted by molar-refractivity contribution is -0.122. The monoisotopic (exact) mass is 431 g/mol. The van der Waals surface area contributed by atoms with Crippen molar-refractivity contribution in [2.45, 2.75) is 29.6 Å². The number of anilines is 1. The van der Waals surface area contributed by atoms with Crippen LogP contribution in [0, 0.1) is 6.92 Å². The number of ether oxygens (including phenoxy) is 1. The Hall–Kier alpha value is -1.74. The van der Waals surface area contributed by atoms with Crippen LogP contribution >= 0.6 is 35.7 Å². The largest absolute Gasteiger partial charge is 0.497 e. The second-order valence-electron chi connectivity index (χ2n) is 6.67. The number of amides is 1. The van der Waals surface area contributed by atoms with Crippen LogP contribution in [0.2, 0.25) is 0 Å². The summed E-state index contributed by atoms with van der Waals surface area (Å²) in [7, 11) is 1.66. The Kier molecular flexibility index (Phi) is 5.82. The summed E-state index contributed by atoms with van der Waals surface area (Å²) in [6.45, 7) is 2.06. The SMILES string of the molecule is COc1cccc(CSC2NC(=O)C3SC(=S)N(c4ccc(C)cc4)C3N2)c1. The lowest BCUT2D eigenvalue weighted by Gasteiger charge is -2.36. The van der Waals surface area contributed by atoms with Gasteiger partial charge in [0.25, 0.3) is 0 Å². The quantitative estimate of drug-likeness (QED) is 0.703. The van der Waals surface area contributed by atoms with E-state index in [0.29, 0.717) is 0 Å². The second kappa shape index (κ2) is 8.32. The molecule has 0 aromatic heterocycles. The molecule has 28 heavy (non-hydrogen) atoms. The van der Waals surface area contributed by atoms with Crippen molar-refractivity contribution in [3.63, 3.8) is 0 Å². The van der Waals surface area contributed by atoms with Crippen molar-refractivity contribution in [3.05, 3.63) is 59.7 Å². The molecule has 0 saturated carbocycles. The van der Waals surface area contributed by atoms with E-state index in [1.807, 2.05) is 18.2 Å². The smallest absolute Gasteiger partial charge is 0.238 e. The van der Waals surface area contributed by atoms with Crippen molar-refractivity contribution in [2.24, 2.45) is 0 Å². The summed E-state index contributed by atoms with van der Waals surface area (Å²) in [6.07, 6.45) is -0.156. The number of carbonyl (C=O) groups is 1. The molecule has 3 unspecified atom stereocenters. The Balaban J connectivity index is 1.48. The fraction of sp³-hybridized carbons (Fsp3) is 0.300. The number of hydrogen-bond donors (Lipinski definition) is 2. The number of thiocarbonyl (C=S) groups is 1. The number of thioether (sulfide) groups is 2. The number of aryl methyl sites for hydroxylation is 1. The molecule has 2 aromatic carbocycles. The van der Waals surface area contributed by atoms with Crippen LogP contribution in [-0.2, 0) is 10.5 Å². The molecule has 146 valence electrons. The molecule has 5 nitrogen and oxygen atoms in total. The average Bonchev–Trinajstić information content (AvgIpc) is 3.04. The average molecular weight is 432 g/mol. The first kappa shape index (κ1) is 19.6. The van der Waals surface area contributed by atoms with Crippen molar-refractivity contribution in [3.8, 4) is 5.75 Å². The Morgan fingerprint density at radius 1 is 1.25 bits per heavy atom. The van der Waals surface area contributed by atoms with E-state index in [1.54, 1.807) is 18.9 Å². The molecule has 2 aromatic rings. The Labute approximate surface area is 178 Å². The number of nitrogens with one attached hydrogen (secondary N) is 2. The number of benzene rings is 2. The Bertz CT molecular complexity index is 891. The van der Waals surface area contributed by atoms with Crippen molar-refractivity contribution < 1.29 is 9.53 Å². The van der Waals surface area contributed by atoms with Crippen LogP contribution in [0.5, 0.6) is 5.75 Å². The van der Waals surface area contributed by atoms with Crippen LogP contribution in [0.4, 0.5) is 5.69 Å². The Morgan fingerprint density at radius 2 is 2.04 bits per heavy atom. The molecule has 2 heterocycles. The molecule has 2 aliphatic rings. The molecule has 3 atom stereocenters. The molecule has 8 heteroatoms. The Morgan fingerprint density at radius 3 is 2.79 bits per heavy atom. The maximum Gasteiger partial charge on any atom is 0.238 e. The minimum Gasteiger partial charge on any atom is -0.497 e. The topological polar surface area (TPSA) is 53.6 Å². The molecule has 2 N–H and O–H groups in total. The van der Waals surface area contributed by atoms with Gasteiger partial charge in [-0.15, -0.1) is 11.8 Å². The van der Waals surface area contributed by atoms with E-state index >= 15 is 0 Å². The van der Waals surface area contributed by atoms with Gasteiger partial charge in [0.1, 0.15) is 27.0 Å². The molecular weight excluding hydrogens is 410 g/mol. The molecule has 0 aliphatic carbocycles. The minimum absolute atomic E-state index is 0.0221. The van der Waals surface area contributed by atoms with Crippen molar-refractivity contribution in [2.75, 3.05) is 12.0 Å². The highest BCUT2D eigenvalue weighted by atomic mass is 32.2. The van der Waals surface area contributed by atoms with Crippen LogP contribution in [0.3, 0.4) is 0 Å². The highest BCUT2D eigenvalue weighted by Crippen LogP contribution is 2.37. The highest BCUT2D eigenvalue weighted by molar-refractivity contribution is 8.24. The maximum absolute atomic E-state index is 12.7. The number of hydrogen-bond acceptors (Lipinski definition) is 6. The number of carbonyl (C=O) groups excluding carboxylic acids is 1. The number of rotatable bonds is 5. The summed E-state index contributed by atoms with van der Waals surface area (Å²) in [5.41, 5.74) is 3.16. The van der Waals surface area contributed by atoms with Crippen LogP contribution in [-0.4, -0.2) is 34.3 Å². The predicted molar refractivity (Wildman–Crippen MR) is 121 cm³/mol. The zero-order valence-electron chi connectivity index (χ0n) is 15.5. The zero-order chi connectivity index (χ0) is 19.7. The number of methoxy groups -OCH3 is 1. The summed E-state index contributed by atoms with van der Waals surface area (Å²) in [6, 6.07) is 16.2. The van der Waals surface area contributed by atoms with E-state index in [-0.39, 0.29) is 22.8 Å². The van der Waals surface area contributed by atoms with Crippen LogP contribution in [0.25, 0.3) is 0 Å². The summed E-state index contributed by atoms with van der Waals surface area (Å²) in [5.74, 6) is 1.62. The van der Waals surface area contributed by atoms with E-state index < -0.39 is 0 Å². The molecular formula is C20H21N3O2S3. The molecule has 0 bridgehead atoms. The fourth-order valence-corrected chi connectivity index (χ4v) is 5.81. The van der Waals surface area contributed by atoms with Gasteiger partial charge in [-0.05, 0) is 36.8 Å². The second-order valence-corrected chi connectivity index (χ2v) is 9.54. The molecule has 2 fully saturated rings. The van der Waals surface area contributed by atoms with E-state index in [9.17, 15) is 4.79 Å². The van der Waals surface area contributed by atoms with Crippen molar-refractivity contribution in [1.82, 2.24) is 10.6 Å². The van der Waals surface area contributed by atoms with Crippen molar-refractivity contribution >= 4 is 51.7 Å². The summed E-state index contributed by atoms with van der Waals surface area (Å²) in [4.78, 5) is 14.7. The standard InChI is InChI=1S/C20H21N3O2S3/c1-12-6-8-14(9-7-12)23-17-16(28-20(23)26)18(24)22-19(21-17)27-11-13-4-3-5-15(10-13)25-2/h3-10,16-17,19,21H,11H2,1-2H3,(H,22,24). The minimum atomic E-state index is -0.248. The van der Waals surface area contributed by atoms with Gasteiger partial charge < -0.3 is 15.0 Å². The molecule has 0 radical (unpaired) electrons. The third-order valence-electron chi connectivity index (χ3n) is 4.71. The first-order chi connectivity index (χ1) is 13.5. The van der Waals surface area contributed by atoms with Gasteiger partial charge >= 0.3 is 0 Å². The molecule has 4 rings (SSSR count). The fourth-order valence-electron chi connectivity index (χ4n) is 3.25. The predicted octanol–water partition coefficient (Wildman–Crippen LogP) is 3.47. The summed E-state index contributed by atoms with van der Waals surface area (Å²) in [5, 5.41) is 6.37. The summed E-state index contributed by atoms with van der Waals surface area (Å²) >= 11 is 8.67. The maximum atomic E-state index is 12.7. The van der Waals surface area contributed by atoms with Gasteiger partial charge in [0.15, 0.2) is 0 Å². The highest BCUT2D eigenvalue weighted by Gasteiger charge is 2.47. The molecule has 2 aliphatic heterocycles. The van der Waals surface area contributed by atoms with Crippen LogP contribution in [0.15, 0.2) is 48.5 Å². The van der Waals surface area contributed by atoms with Gasteiger partial charge in [-0.25, -0.2) is 0 Å². The number of nitrogens with zero attached hydrogens (tertiary/aromatic N) is 1. The van der Waals surface area contributed by atoms with Crippen LogP contribution < -0.4 is 20.3 Å². The van der Waals surface area contributed by atoms with E-state index in [2.05, 4.69) is 52.8 Å². The van der Waals surface area contributed by atoms with Gasteiger partial charge in [-0.2, -0.15) is 0 Å². The van der Waals surface area contributed by atoms with Gasteiger partial charge in [0.2, 0.25) is 5.91 Å². The number of fused-ring (bicyclic) bond motifs is 1. The lowest BCUT2D eigenvalue weighted by atomic mass is 10.2. The first-order valence-corrected chi connectivity index (χ1v) is 11.3.